The number of amides is 2. The second-order valence-corrected chi connectivity index (χ2v) is 11.6. The van der Waals surface area contributed by atoms with Crippen LogP contribution in [0.1, 0.15) is 67.0 Å². The third-order valence-electron chi connectivity index (χ3n) is 6.02. The van der Waals surface area contributed by atoms with E-state index in [0.29, 0.717) is 24.4 Å². The minimum absolute atomic E-state index is 0.0684. The molecule has 202 valence electrons. The van der Waals surface area contributed by atoms with Crippen molar-refractivity contribution in [1.29, 1.82) is 0 Å². The molecule has 10 nitrogen and oxygen atoms in total. The molecule has 3 atom stereocenters. The first-order valence-electron chi connectivity index (χ1n) is 12.4. The van der Waals surface area contributed by atoms with Gasteiger partial charge in [0.1, 0.15) is 28.8 Å². The number of nitrogens with zero attached hydrogens (tertiary/aromatic N) is 4. The van der Waals surface area contributed by atoms with E-state index in [9.17, 15) is 14.4 Å². The van der Waals surface area contributed by atoms with Gasteiger partial charge in [-0.05, 0) is 78.4 Å². The molecule has 0 unspecified atom stereocenters. The molecular weight excluding hydrogens is 476 g/mol. The van der Waals surface area contributed by atoms with Crippen molar-refractivity contribution in [2.45, 2.75) is 77.9 Å². The molecule has 0 saturated heterocycles. The van der Waals surface area contributed by atoms with Gasteiger partial charge in [0.2, 0.25) is 0 Å². The maximum Gasteiger partial charge on any atom is 0.419 e. The molecule has 2 aromatic heterocycles. The zero-order chi connectivity index (χ0) is 27.6. The summed E-state index contributed by atoms with van der Waals surface area (Å²) in [7, 11) is 1.37. The molecule has 10 heteroatoms. The van der Waals surface area contributed by atoms with Crippen LogP contribution in [0.4, 0.5) is 9.59 Å². The third kappa shape index (κ3) is 6.87. The highest BCUT2D eigenvalue weighted by atomic mass is 16.6. The fourth-order valence-corrected chi connectivity index (χ4v) is 4.38. The molecule has 0 N–H and O–H groups in total. The summed E-state index contributed by atoms with van der Waals surface area (Å²) in [6, 6.07) is 5.55. The highest BCUT2D eigenvalue weighted by molar-refractivity contribution is 5.88. The fourth-order valence-electron chi connectivity index (χ4n) is 4.38. The predicted octanol–water partition coefficient (Wildman–Crippen LogP) is 4.90. The Labute approximate surface area is 218 Å². The van der Waals surface area contributed by atoms with Crippen LogP contribution >= 0.6 is 0 Å². The molecule has 0 bridgehead atoms. The second-order valence-electron chi connectivity index (χ2n) is 11.6. The van der Waals surface area contributed by atoms with Gasteiger partial charge < -0.3 is 14.2 Å². The number of imide groups is 1. The van der Waals surface area contributed by atoms with Crippen LogP contribution in [0.2, 0.25) is 0 Å². The summed E-state index contributed by atoms with van der Waals surface area (Å²) in [5.74, 6) is 0.125. The monoisotopic (exact) mass is 514 g/mol. The van der Waals surface area contributed by atoms with E-state index >= 15 is 0 Å². The maximum atomic E-state index is 12.9. The standard InChI is InChI=1S/C27H38N4O6/c1-18(15-31(23(33)36-25(2,3)4)24(34)37-26(5,6)7)13-19-14-27(19,22(32)35-8)20-16-30(17-29-20)21-11-9-10-12-28-21/h9-12,16-19H,13-15H2,1-8H3/t18-,19+,27-/m0/s1. The fraction of sp³-hybridized carbons (Fsp3) is 0.593. The van der Waals surface area contributed by atoms with E-state index in [-0.39, 0.29) is 24.3 Å². The molecular formula is C27H38N4O6. The number of imidazole rings is 1. The molecule has 1 aliphatic rings. The first-order valence-corrected chi connectivity index (χ1v) is 12.4. The van der Waals surface area contributed by atoms with Gasteiger partial charge in [-0.3, -0.25) is 9.36 Å². The predicted molar refractivity (Wildman–Crippen MR) is 136 cm³/mol. The van der Waals surface area contributed by atoms with Crippen LogP contribution in [-0.4, -0.2) is 62.4 Å². The van der Waals surface area contributed by atoms with Gasteiger partial charge in [0, 0.05) is 18.9 Å². The van der Waals surface area contributed by atoms with Crippen molar-refractivity contribution in [1.82, 2.24) is 19.4 Å². The Kier molecular flexibility index (Phi) is 8.00. The van der Waals surface area contributed by atoms with Crippen LogP contribution in [0.5, 0.6) is 0 Å². The Balaban J connectivity index is 1.77. The number of pyridine rings is 1. The zero-order valence-electron chi connectivity index (χ0n) is 23.0. The van der Waals surface area contributed by atoms with Crippen molar-refractivity contribution in [3.63, 3.8) is 0 Å². The van der Waals surface area contributed by atoms with Crippen LogP contribution in [0.25, 0.3) is 5.82 Å². The van der Waals surface area contributed by atoms with Crippen LogP contribution in [0.15, 0.2) is 36.9 Å². The van der Waals surface area contributed by atoms with Crippen LogP contribution < -0.4 is 0 Å². The average molecular weight is 515 g/mol. The quantitative estimate of drug-likeness (QED) is 0.379. The van der Waals surface area contributed by atoms with E-state index < -0.39 is 28.8 Å². The first kappa shape index (κ1) is 28.1. The number of carbonyl (C=O) groups excluding carboxylic acids is 3. The summed E-state index contributed by atoms with van der Waals surface area (Å²) in [6.45, 7) is 12.4. The molecule has 0 radical (unpaired) electrons. The molecule has 0 spiro atoms. The first-order chi connectivity index (χ1) is 17.2. The summed E-state index contributed by atoms with van der Waals surface area (Å²) < 4.78 is 17.9. The lowest BCUT2D eigenvalue weighted by Crippen LogP contribution is -2.45. The lowest BCUT2D eigenvalue weighted by molar-refractivity contribution is -0.144. The van der Waals surface area contributed by atoms with Crippen LogP contribution in [0.3, 0.4) is 0 Å². The molecule has 0 aliphatic heterocycles. The molecule has 1 saturated carbocycles. The molecule has 0 aromatic carbocycles. The number of carbonyl (C=O) groups is 3. The Hall–Kier alpha value is -3.43. The minimum Gasteiger partial charge on any atom is -0.468 e. The Morgan fingerprint density at radius 3 is 2.22 bits per heavy atom. The van der Waals surface area contributed by atoms with Crippen molar-refractivity contribution in [2.75, 3.05) is 13.7 Å². The summed E-state index contributed by atoms with van der Waals surface area (Å²) in [4.78, 5) is 48.5. The van der Waals surface area contributed by atoms with E-state index in [1.54, 1.807) is 64.8 Å². The smallest absolute Gasteiger partial charge is 0.419 e. The lowest BCUT2D eigenvalue weighted by Gasteiger charge is -2.30. The van der Waals surface area contributed by atoms with Gasteiger partial charge in [-0.1, -0.05) is 13.0 Å². The number of methoxy groups -OCH3 is 1. The van der Waals surface area contributed by atoms with Gasteiger partial charge in [-0.15, -0.1) is 0 Å². The average Bonchev–Trinajstić information content (AvgIpc) is 3.27. The van der Waals surface area contributed by atoms with Gasteiger partial charge in [0.25, 0.3) is 0 Å². The van der Waals surface area contributed by atoms with Gasteiger partial charge in [-0.25, -0.2) is 24.5 Å². The Bertz CT molecular complexity index is 1090. The molecule has 2 aromatic rings. The summed E-state index contributed by atoms with van der Waals surface area (Å²) in [6.07, 6.45) is 4.71. The van der Waals surface area contributed by atoms with Crippen LogP contribution in [-0.2, 0) is 24.4 Å². The maximum absolute atomic E-state index is 12.9. The van der Waals surface area contributed by atoms with E-state index in [4.69, 9.17) is 14.2 Å². The number of rotatable bonds is 7. The number of hydrogen-bond acceptors (Lipinski definition) is 8. The molecule has 37 heavy (non-hydrogen) atoms. The zero-order valence-corrected chi connectivity index (χ0v) is 23.0. The van der Waals surface area contributed by atoms with E-state index in [1.165, 1.54) is 7.11 Å². The molecule has 1 aliphatic carbocycles. The van der Waals surface area contributed by atoms with E-state index in [2.05, 4.69) is 9.97 Å². The SMILES string of the molecule is COC(=O)[C@@]1(c2cn(-c3ccccn3)cn2)C[C@H]1C[C@H](C)CN(C(=O)OC(C)(C)C)C(=O)OC(C)(C)C. The molecule has 3 rings (SSSR count). The topological polar surface area (TPSA) is 113 Å². The number of aromatic nitrogens is 3. The summed E-state index contributed by atoms with van der Waals surface area (Å²) >= 11 is 0. The summed E-state index contributed by atoms with van der Waals surface area (Å²) in [5.41, 5.74) is -1.82. The highest BCUT2D eigenvalue weighted by Crippen LogP contribution is 2.57. The van der Waals surface area contributed by atoms with Crippen molar-refractivity contribution in [3.8, 4) is 5.82 Å². The second kappa shape index (κ2) is 10.5. The number of ether oxygens (including phenoxy) is 3. The highest BCUT2D eigenvalue weighted by Gasteiger charge is 2.63. The van der Waals surface area contributed by atoms with Gasteiger partial charge >= 0.3 is 18.2 Å². The molecule has 2 heterocycles. The van der Waals surface area contributed by atoms with Gasteiger partial charge in [0.05, 0.1) is 12.8 Å². The van der Waals surface area contributed by atoms with Crippen molar-refractivity contribution in [3.05, 3.63) is 42.6 Å². The van der Waals surface area contributed by atoms with Crippen LogP contribution in [0, 0.1) is 11.8 Å². The normalized spacial score (nSPS) is 20.1. The number of esters is 1. The summed E-state index contributed by atoms with van der Waals surface area (Å²) in [5, 5.41) is 0. The van der Waals surface area contributed by atoms with Gasteiger partial charge in [-0.2, -0.15) is 0 Å². The molecule has 2 amide bonds. The Morgan fingerprint density at radius 1 is 1.08 bits per heavy atom. The van der Waals surface area contributed by atoms with E-state index in [1.807, 2.05) is 25.1 Å². The van der Waals surface area contributed by atoms with Crippen molar-refractivity contribution < 1.29 is 28.6 Å². The third-order valence-corrected chi connectivity index (χ3v) is 6.02. The minimum atomic E-state index is -0.883. The Morgan fingerprint density at radius 2 is 1.70 bits per heavy atom. The van der Waals surface area contributed by atoms with Crippen molar-refractivity contribution >= 4 is 18.2 Å². The number of hydrogen-bond donors (Lipinski definition) is 0. The van der Waals surface area contributed by atoms with Gasteiger partial charge in [0.15, 0.2) is 0 Å². The molecule has 1 fully saturated rings. The lowest BCUT2D eigenvalue weighted by atomic mass is 9.94. The van der Waals surface area contributed by atoms with Crippen molar-refractivity contribution in [2.24, 2.45) is 11.8 Å². The largest absolute Gasteiger partial charge is 0.468 e. The van der Waals surface area contributed by atoms with E-state index in [0.717, 1.165) is 4.90 Å².